The highest BCUT2D eigenvalue weighted by atomic mass is 35.5. The van der Waals surface area contributed by atoms with Gasteiger partial charge in [-0.2, -0.15) is 0 Å². The first-order valence-electron chi connectivity index (χ1n) is 12.7. The Kier molecular flexibility index (Phi) is 7.86. The second-order valence-electron chi connectivity index (χ2n) is 9.54. The number of methoxy groups -OCH3 is 1. The van der Waals surface area contributed by atoms with E-state index in [1.807, 2.05) is 67.3 Å². The Bertz CT molecular complexity index is 1570. The van der Waals surface area contributed by atoms with Crippen molar-refractivity contribution in [3.63, 3.8) is 0 Å². The van der Waals surface area contributed by atoms with Crippen molar-refractivity contribution in [2.75, 3.05) is 17.3 Å². The fraction of sp³-hybridized carbons (Fsp3) is 0.200. The van der Waals surface area contributed by atoms with Crippen molar-refractivity contribution in [1.82, 2.24) is 10.3 Å². The van der Waals surface area contributed by atoms with Gasteiger partial charge in [0.15, 0.2) is 5.11 Å². The van der Waals surface area contributed by atoms with Crippen molar-refractivity contribution in [3.05, 3.63) is 101 Å². The second-order valence-corrected chi connectivity index (χ2v) is 10.3. The maximum atomic E-state index is 12.4. The van der Waals surface area contributed by atoms with Crippen LogP contribution in [0.3, 0.4) is 0 Å². The summed E-state index contributed by atoms with van der Waals surface area (Å²) in [5, 5.41) is 7.07. The van der Waals surface area contributed by atoms with Crippen LogP contribution in [-0.2, 0) is 9.53 Å². The van der Waals surface area contributed by atoms with E-state index in [-0.39, 0.29) is 17.9 Å². The van der Waals surface area contributed by atoms with E-state index >= 15 is 0 Å². The lowest BCUT2D eigenvalue weighted by Gasteiger charge is -2.26. The molecule has 1 saturated heterocycles. The van der Waals surface area contributed by atoms with Crippen LogP contribution >= 0.6 is 23.8 Å². The third-order valence-electron chi connectivity index (χ3n) is 6.63. The predicted octanol–water partition coefficient (Wildman–Crippen LogP) is 6.55. The molecule has 0 saturated carbocycles. The fourth-order valence-corrected chi connectivity index (χ4v) is 5.16. The number of hydrogen-bond donors (Lipinski definition) is 2. The average Bonchev–Trinajstić information content (AvgIpc) is 3.58. The third kappa shape index (κ3) is 5.30. The first kappa shape index (κ1) is 27.4. The molecule has 4 aromatic rings. The molecule has 2 aromatic carbocycles. The van der Waals surface area contributed by atoms with Gasteiger partial charge in [-0.3, -0.25) is 9.78 Å². The maximum Gasteiger partial charge on any atom is 0.338 e. The van der Waals surface area contributed by atoms with Gasteiger partial charge < -0.3 is 24.7 Å². The summed E-state index contributed by atoms with van der Waals surface area (Å²) in [7, 11) is 1.35. The van der Waals surface area contributed by atoms with Crippen molar-refractivity contribution in [2.45, 2.75) is 25.9 Å². The summed E-state index contributed by atoms with van der Waals surface area (Å²) in [6.07, 6.45) is 1.73. The minimum absolute atomic E-state index is 0.128. The molecule has 2 N–H and O–H groups in total. The number of carbonyl (C=O) groups excluding carboxylic acids is 2. The monoisotopic (exact) mass is 574 g/mol. The Morgan fingerprint density at radius 2 is 1.88 bits per heavy atom. The van der Waals surface area contributed by atoms with E-state index in [0.717, 1.165) is 5.69 Å². The van der Waals surface area contributed by atoms with Gasteiger partial charge in [-0.15, -0.1) is 0 Å². The molecule has 5 rings (SSSR count). The molecule has 2 aromatic heterocycles. The van der Waals surface area contributed by atoms with Crippen LogP contribution in [0.4, 0.5) is 11.4 Å². The summed E-state index contributed by atoms with van der Waals surface area (Å²) in [4.78, 5) is 31.1. The predicted molar refractivity (Wildman–Crippen MR) is 158 cm³/mol. The highest BCUT2D eigenvalue weighted by Crippen LogP contribution is 2.44. The van der Waals surface area contributed by atoms with Crippen molar-refractivity contribution < 1.29 is 18.7 Å². The molecule has 1 fully saturated rings. The van der Waals surface area contributed by atoms with Crippen LogP contribution in [0.2, 0.25) is 5.02 Å². The fourth-order valence-electron chi connectivity index (χ4n) is 4.60. The number of furan rings is 1. The molecule has 0 spiro atoms. The highest BCUT2D eigenvalue weighted by Gasteiger charge is 2.43. The molecule has 8 nitrogen and oxygen atoms in total. The zero-order valence-corrected chi connectivity index (χ0v) is 23.6. The van der Waals surface area contributed by atoms with Crippen LogP contribution in [0.15, 0.2) is 83.4 Å². The number of pyridine rings is 1. The lowest BCUT2D eigenvalue weighted by molar-refractivity contribution is -0.118. The zero-order valence-electron chi connectivity index (χ0n) is 22.1. The minimum atomic E-state index is -0.454. The molecule has 2 unspecified atom stereocenters. The van der Waals surface area contributed by atoms with Gasteiger partial charge in [-0.1, -0.05) is 49.7 Å². The number of carbonyl (C=O) groups is 2. The topological polar surface area (TPSA) is 96.7 Å². The number of hydrogen-bond acceptors (Lipinski definition) is 6. The highest BCUT2D eigenvalue weighted by molar-refractivity contribution is 7.80. The minimum Gasteiger partial charge on any atom is -0.465 e. The number of rotatable bonds is 7. The lowest BCUT2D eigenvalue weighted by Crippen LogP contribution is -2.29. The van der Waals surface area contributed by atoms with Crippen molar-refractivity contribution in [1.29, 1.82) is 0 Å². The van der Waals surface area contributed by atoms with E-state index in [1.165, 1.54) is 7.11 Å². The van der Waals surface area contributed by atoms with Gasteiger partial charge in [-0.25, -0.2) is 4.79 Å². The number of thiocarbonyl (C=S) groups is 1. The van der Waals surface area contributed by atoms with E-state index in [9.17, 15) is 9.59 Å². The van der Waals surface area contributed by atoms with Gasteiger partial charge in [0.1, 0.15) is 17.6 Å². The summed E-state index contributed by atoms with van der Waals surface area (Å²) in [5.74, 6) is 0.345. The maximum absolute atomic E-state index is 12.4. The van der Waals surface area contributed by atoms with Gasteiger partial charge >= 0.3 is 5.97 Å². The summed E-state index contributed by atoms with van der Waals surface area (Å²) in [6, 6.07) is 21.1. The van der Waals surface area contributed by atoms with Gasteiger partial charge in [0.25, 0.3) is 0 Å². The number of anilines is 2. The summed E-state index contributed by atoms with van der Waals surface area (Å²) in [5.41, 5.74) is 3.01. The van der Waals surface area contributed by atoms with Crippen LogP contribution in [0.1, 0.15) is 47.7 Å². The SMILES string of the molecule is COC(=O)c1ccccc1-c1ccc(C2C(c3ccccn3)NC(=S)N2c2ccc(NC(=O)C(C)C)c(Cl)c2)o1. The van der Waals surface area contributed by atoms with Crippen LogP contribution < -0.4 is 15.5 Å². The van der Waals surface area contributed by atoms with Crippen LogP contribution in [0.25, 0.3) is 11.3 Å². The Labute approximate surface area is 242 Å². The molecule has 1 aliphatic heterocycles. The van der Waals surface area contributed by atoms with Crippen molar-refractivity contribution >= 4 is 52.2 Å². The molecule has 0 radical (unpaired) electrons. The molecule has 40 heavy (non-hydrogen) atoms. The molecule has 2 atom stereocenters. The average molecular weight is 575 g/mol. The first-order chi connectivity index (χ1) is 19.3. The Morgan fingerprint density at radius 3 is 2.58 bits per heavy atom. The molecular weight excluding hydrogens is 548 g/mol. The molecular formula is C30H27ClN4O4S. The number of nitrogens with one attached hydrogen (secondary N) is 2. The lowest BCUT2D eigenvalue weighted by atomic mass is 10.0. The summed E-state index contributed by atoms with van der Waals surface area (Å²) >= 11 is 12.4. The molecule has 204 valence electrons. The molecule has 0 aliphatic carbocycles. The summed E-state index contributed by atoms with van der Waals surface area (Å²) in [6.45, 7) is 3.63. The van der Waals surface area contributed by atoms with E-state index < -0.39 is 12.0 Å². The molecule has 0 bridgehead atoms. The number of esters is 1. The van der Waals surface area contributed by atoms with E-state index in [2.05, 4.69) is 15.6 Å². The first-order valence-corrected chi connectivity index (χ1v) is 13.5. The van der Waals surface area contributed by atoms with Crippen molar-refractivity contribution in [3.8, 4) is 11.3 Å². The van der Waals surface area contributed by atoms with Crippen LogP contribution in [-0.4, -0.2) is 29.1 Å². The van der Waals surface area contributed by atoms with Gasteiger partial charge in [0, 0.05) is 23.4 Å². The summed E-state index contributed by atoms with van der Waals surface area (Å²) < 4.78 is 11.4. The van der Waals surface area contributed by atoms with Crippen LogP contribution in [0.5, 0.6) is 0 Å². The quantitative estimate of drug-likeness (QED) is 0.189. The number of ether oxygens (including phenoxy) is 1. The third-order valence-corrected chi connectivity index (χ3v) is 7.25. The van der Waals surface area contributed by atoms with Gasteiger partial charge in [0.05, 0.1) is 35.1 Å². The van der Waals surface area contributed by atoms with Crippen molar-refractivity contribution in [2.24, 2.45) is 5.92 Å². The molecule has 10 heteroatoms. The smallest absolute Gasteiger partial charge is 0.338 e. The van der Waals surface area contributed by atoms with E-state index in [1.54, 1.807) is 30.5 Å². The Hall–Kier alpha value is -4.21. The standard InChI is InChI=1S/C30H27ClN4O4S/c1-17(2)28(36)33-22-12-11-18(16-21(22)31)35-27(26(34-30(35)40)23-10-6-7-15-32-23)25-14-13-24(39-25)19-8-4-5-9-20(19)29(37)38-3/h4-17,26-27H,1-3H3,(H,33,36)(H,34,40). The van der Waals surface area contributed by atoms with Crippen LogP contribution in [0, 0.1) is 5.92 Å². The molecule has 1 amide bonds. The van der Waals surface area contributed by atoms with Gasteiger partial charge in [-0.05, 0) is 60.7 Å². The number of halogens is 1. The normalized spacial score (nSPS) is 16.6. The number of nitrogens with zero attached hydrogens (tertiary/aromatic N) is 2. The number of amides is 1. The largest absolute Gasteiger partial charge is 0.465 e. The number of aromatic nitrogens is 1. The molecule has 1 aliphatic rings. The second kappa shape index (κ2) is 11.5. The Balaban J connectivity index is 1.57. The van der Waals surface area contributed by atoms with E-state index in [4.69, 9.17) is 33.0 Å². The van der Waals surface area contributed by atoms with E-state index in [0.29, 0.717) is 44.2 Å². The number of benzene rings is 2. The van der Waals surface area contributed by atoms with Gasteiger partial charge in [0.2, 0.25) is 5.91 Å². The molecule has 3 heterocycles. The Morgan fingerprint density at radius 1 is 1.10 bits per heavy atom. The zero-order chi connectivity index (χ0) is 28.4.